The molecule has 0 aliphatic rings. The van der Waals surface area contributed by atoms with Crippen LogP contribution in [0.25, 0.3) is 0 Å². The Morgan fingerprint density at radius 2 is 1.75 bits per heavy atom. The Balaban J connectivity index is 3.03. The van der Waals surface area contributed by atoms with E-state index in [2.05, 4.69) is 5.10 Å². The molecule has 116 valence electrons. The molecule has 0 aliphatic heterocycles. The summed E-state index contributed by atoms with van der Waals surface area (Å²) in [6.07, 6.45) is 5.15. The maximum atomic E-state index is 12.7. The van der Waals surface area contributed by atoms with E-state index >= 15 is 0 Å². The molecule has 1 aromatic heterocycles. The van der Waals surface area contributed by atoms with Gasteiger partial charge in [-0.2, -0.15) is 9.40 Å². The molecule has 20 heavy (non-hydrogen) atoms. The number of hydrogen-bond donors (Lipinski definition) is 1. The van der Waals surface area contributed by atoms with Crippen LogP contribution >= 0.6 is 0 Å². The molecule has 0 atom stereocenters. The third-order valence-corrected chi connectivity index (χ3v) is 5.13. The van der Waals surface area contributed by atoms with E-state index in [1.54, 1.807) is 4.68 Å². The van der Waals surface area contributed by atoms with Crippen molar-refractivity contribution in [2.75, 3.05) is 18.8 Å². The van der Waals surface area contributed by atoms with E-state index in [0.717, 1.165) is 25.7 Å². The zero-order valence-corrected chi connectivity index (χ0v) is 13.5. The van der Waals surface area contributed by atoms with Crippen LogP contribution in [0.15, 0.2) is 11.1 Å². The van der Waals surface area contributed by atoms with Gasteiger partial charge in [-0.1, -0.05) is 26.7 Å². The Morgan fingerprint density at radius 3 is 2.15 bits per heavy atom. The van der Waals surface area contributed by atoms with Gasteiger partial charge in [0.25, 0.3) is 0 Å². The smallest absolute Gasteiger partial charge is 0.248 e. The highest BCUT2D eigenvalue weighted by Crippen LogP contribution is 2.22. The van der Waals surface area contributed by atoms with Gasteiger partial charge in [-0.25, -0.2) is 8.42 Å². The first-order chi connectivity index (χ1) is 9.47. The molecule has 0 unspecified atom stereocenters. The predicted octanol–water partition coefficient (Wildman–Crippen LogP) is 2.08. The number of nitrogens with zero attached hydrogens (tertiary/aromatic N) is 3. The van der Waals surface area contributed by atoms with Gasteiger partial charge in [-0.3, -0.25) is 4.68 Å². The molecule has 1 aromatic rings. The molecule has 0 aliphatic carbocycles. The highest BCUT2D eigenvalue weighted by molar-refractivity contribution is 7.89. The molecular formula is C13H26N4O2S. The van der Waals surface area contributed by atoms with Crippen molar-refractivity contribution in [1.82, 2.24) is 14.1 Å². The number of hydrogen-bond acceptors (Lipinski definition) is 4. The molecule has 7 heteroatoms. The molecule has 0 saturated carbocycles. The molecule has 6 nitrogen and oxygen atoms in total. The molecule has 0 saturated heterocycles. The van der Waals surface area contributed by atoms with Gasteiger partial charge in [0.05, 0.1) is 0 Å². The van der Waals surface area contributed by atoms with Crippen LogP contribution in [-0.4, -0.2) is 35.6 Å². The lowest BCUT2D eigenvalue weighted by molar-refractivity contribution is 0.395. The van der Waals surface area contributed by atoms with Crippen molar-refractivity contribution < 1.29 is 8.42 Å². The van der Waals surface area contributed by atoms with Crippen LogP contribution in [0.1, 0.15) is 46.5 Å². The fraction of sp³-hybridized carbons (Fsp3) is 0.769. The number of rotatable bonds is 9. The summed E-state index contributed by atoms with van der Waals surface area (Å²) < 4.78 is 28.5. The Kier molecular flexibility index (Phi) is 6.48. The number of aromatic nitrogens is 2. The summed E-state index contributed by atoms with van der Waals surface area (Å²) in [5.74, 6) is 0.0878. The van der Waals surface area contributed by atoms with Crippen LogP contribution in [-0.2, 0) is 16.6 Å². The molecule has 1 heterocycles. The van der Waals surface area contributed by atoms with Gasteiger partial charge >= 0.3 is 0 Å². The number of anilines is 1. The lowest BCUT2D eigenvalue weighted by atomic mass is 10.3. The van der Waals surface area contributed by atoms with E-state index in [0.29, 0.717) is 19.6 Å². The third-order valence-electron chi connectivity index (χ3n) is 3.22. The van der Waals surface area contributed by atoms with Crippen molar-refractivity contribution in [2.45, 2.75) is 57.9 Å². The van der Waals surface area contributed by atoms with Crippen molar-refractivity contribution in [1.29, 1.82) is 0 Å². The molecule has 0 radical (unpaired) electrons. The molecule has 0 amide bonds. The topological polar surface area (TPSA) is 81.2 Å². The SMILES string of the molecule is CCCCN(CCCC)S(=O)(=O)c1cn(CC)nc1N. The standard InChI is InChI=1S/C13H26N4O2S/c1-4-7-9-17(10-8-5-2)20(18,19)12-11-16(6-3)15-13(12)14/h11H,4-10H2,1-3H3,(H2,14,15). The van der Waals surface area contributed by atoms with Gasteiger partial charge in [0.1, 0.15) is 4.90 Å². The maximum Gasteiger partial charge on any atom is 0.248 e. The van der Waals surface area contributed by atoms with Crippen molar-refractivity contribution in [3.05, 3.63) is 6.20 Å². The summed E-state index contributed by atoms with van der Waals surface area (Å²) in [7, 11) is -3.54. The Morgan fingerprint density at radius 1 is 1.20 bits per heavy atom. The van der Waals surface area contributed by atoms with Crippen LogP contribution in [0.3, 0.4) is 0 Å². The molecule has 0 bridgehead atoms. The Labute approximate surface area is 122 Å². The van der Waals surface area contributed by atoms with Crippen LogP contribution in [0.5, 0.6) is 0 Å². The normalized spacial score (nSPS) is 12.2. The Hall–Kier alpha value is -1.08. The zero-order valence-electron chi connectivity index (χ0n) is 12.7. The Bertz CT molecular complexity index is 502. The summed E-state index contributed by atoms with van der Waals surface area (Å²) in [6, 6.07) is 0. The molecule has 1 rings (SSSR count). The first kappa shape index (κ1) is 17.0. The van der Waals surface area contributed by atoms with E-state index in [1.807, 2.05) is 20.8 Å². The fourth-order valence-corrected chi connectivity index (χ4v) is 3.52. The van der Waals surface area contributed by atoms with Gasteiger partial charge in [0.2, 0.25) is 10.0 Å². The highest BCUT2D eigenvalue weighted by Gasteiger charge is 2.27. The minimum Gasteiger partial charge on any atom is -0.381 e. The second-order valence-electron chi connectivity index (χ2n) is 4.85. The van der Waals surface area contributed by atoms with Crippen molar-refractivity contribution >= 4 is 15.8 Å². The summed E-state index contributed by atoms with van der Waals surface area (Å²) in [4.78, 5) is 0.131. The van der Waals surface area contributed by atoms with Gasteiger partial charge in [-0.05, 0) is 19.8 Å². The molecule has 0 fully saturated rings. The van der Waals surface area contributed by atoms with Crippen molar-refractivity contribution in [3.63, 3.8) is 0 Å². The van der Waals surface area contributed by atoms with Crippen LogP contribution in [0, 0.1) is 0 Å². The highest BCUT2D eigenvalue weighted by atomic mass is 32.2. The largest absolute Gasteiger partial charge is 0.381 e. The summed E-state index contributed by atoms with van der Waals surface area (Å²) in [5, 5.41) is 4.03. The van der Waals surface area contributed by atoms with Gasteiger partial charge < -0.3 is 5.73 Å². The molecule has 2 N–H and O–H groups in total. The number of sulfonamides is 1. The molecular weight excluding hydrogens is 276 g/mol. The van der Waals surface area contributed by atoms with Gasteiger partial charge in [-0.15, -0.1) is 0 Å². The lowest BCUT2D eigenvalue weighted by Gasteiger charge is -2.21. The fourth-order valence-electron chi connectivity index (χ4n) is 1.94. The van der Waals surface area contributed by atoms with E-state index in [-0.39, 0.29) is 10.7 Å². The monoisotopic (exact) mass is 302 g/mol. The van der Waals surface area contributed by atoms with Gasteiger partial charge in [0.15, 0.2) is 5.82 Å². The quantitative estimate of drug-likeness (QED) is 0.757. The first-order valence-corrected chi connectivity index (χ1v) is 8.74. The van der Waals surface area contributed by atoms with Crippen LogP contribution in [0.2, 0.25) is 0 Å². The maximum absolute atomic E-state index is 12.7. The number of nitrogens with two attached hydrogens (primary N) is 1. The van der Waals surface area contributed by atoms with E-state index < -0.39 is 10.0 Å². The van der Waals surface area contributed by atoms with E-state index in [9.17, 15) is 8.42 Å². The second-order valence-corrected chi connectivity index (χ2v) is 6.75. The second kappa shape index (κ2) is 7.64. The van der Waals surface area contributed by atoms with Crippen LogP contribution in [0.4, 0.5) is 5.82 Å². The van der Waals surface area contributed by atoms with E-state index in [1.165, 1.54) is 10.5 Å². The van der Waals surface area contributed by atoms with Crippen LogP contribution < -0.4 is 5.73 Å². The van der Waals surface area contributed by atoms with Crippen molar-refractivity contribution in [3.8, 4) is 0 Å². The van der Waals surface area contributed by atoms with E-state index in [4.69, 9.17) is 5.73 Å². The number of unbranched alkanes of at least 4 members (excludes halogenated alkanes) is 2. The average Bonchev–Trinajstić information content (AvgIpc) is 2.80. The lowest BCUT2D eigenvalue weighted by Crippen LogP contribution is -2.33. The van der Waals surface area contributed by atoms with Crippen molar-refractivity contribution in [2.24, 2.45) is 0 Å². The zero-order chi connectivity index (χ0) is 15.2. The summed E-state index contributed by atoms with van der Waals surface area (Å²) in [5.41, 5.74) is 5.76. The predicted molar refractivity (Wildman–Crippen MR) is 80.9 cm³/mol. The minimum absolute atomic E-state index is 0.0878. The average molecular weight is 302 g/mol. The van der Waals surface area contributed by atoms with Gasteiger partial charge in [0, 0.05) is 25.8 Å². The number of aryl methyl sites for hydroxylation is 1. The minimum atomic E-state index is -3.54. The summed E-state index contributed by atoms with van der Waals surface area (Å²) in [6.45, 7) is 7.67. The molecule has 0 spiro atoms. The molecule has 0 aromatic carbocycles. The number of nitrogen functional groups attached to an aromatic ring is 1. The first-order valence-electron chi connectivity index (χ1n) is 7.30. The third kappa shape index (κ3) is 3.96. The summed E-state index contributed by atoms with van der Waals surface area (Å²) >= 11 is 0.